The number of likely N-dealkylation sites (N-methyl/N-ethyl adjacent to an activating group) is 1. The van der Waals surface area contributed by atoms with Crippen molar-refractivity contribution in [2.75, 3.05) is 26.7 Å². The fourth-order valence-corrected chi connectivity index (χ4v) is 3.50. The number of rotatable bonds is 5. The Labute approximate surface area is 122 Å². The highest BCUT2D eigenvalue weighted by atomic mass is 16.5. The van der Waals surface area contributed by atoms with Gasteiger partial charge in [-0.3, -0.25) is 0 Å². The summed E-state index contributed by atoms with van der Waals surface area (Å²) < 4.78 is 5.71. The van der Waals surface area contributed by atoms with E-state index >= 15 is 0 Å². The Hall–Kier alpha value is -1.06. The Balaban J connectivity index is 1.49. The third kappa shape index (κ3) is 3.15. The average Bonchev–Trinajstić information content (AvgIpc) is 3.02. The molecule has 0 aromatic heterocycles. The predicted molar refractivity (Wildman–Crippen MR) is 82.2 cm³/mol. The molecular formula is C17H26N2O. The van der Waals surface area contributed by atoms with Crippen molar-refractivity contribution in [3.05, 3.63) is 29.8 Å². The Morgan fingerprint density at radius 3 is 2.85 bits per heavy atom. The van der Waals surface area contributed by atoms with Crippen molar-refractivity contribution >= 4 is 0 Å². The molecule has 1 saturated carbocycles. The highest BCUT2D eigenvalue weighted by Gasteiger charge is 2.22. The highest BCUT2D eigenvalue weighted by molar-refractivity contribution is 5.37. The second kappa shape index (κ2) is 6.59. The molecule has 1 aromatic rings. The lowest BCUT2D eigenvalue weighted by atomic mass is 10.0. The quantitative estimate of drug-likeness (QED) is 0.893. The van der Waals surface area contributed by atoms with Crippen LogP contribution in [0.3, 0.4) is 0 Å². The summed E-state index contributed by atoms with van der Waals surface area (Å²) in [4.78, 5) is 2.53. The van der Waals surface area contributed by atoms with E-state index in [1.807, 2.05) is 0 Å². The smallest absolute Gasteiger partial charge is 0.124 e. The van der Waals surface area contributed by atoms with E-state index in [0.717, 1.165) is 37.9 Å². The molecular weight excluding hydrogens is 248 g/mol. The molecule has 110 valence electrons. The van der Waals surface area contributed by atoms with E-state index < -0.39 is 0 Å². The van der Waals surface area contributed by atoms with Gasteiger partial charge in [-0.25, -0.2) is 0 Å². The molecule has 3 nitrogen and oxygen atoms in total. The molecule has 1 heterocycles. The van der Waals surface area contributed by atoms with Crippen molar-refractivity contribution in [3.8, 4) is 5.75 Å². The first-order chi connectivity index (χ1) is 9.84. The summed E-state index contributed by atoms with van der Waals surface area (Å²) in [6.07, 6.45) is 6.67. The molecule has 20 heavy (non-hydrogen) atoms. The first-order valence-electron chi connectivity index (χ1n) is 8.00. The molecule has 0 bridgehead atoms. The van der Waals surface area contributed by atoms with E-state index in [1.54, 1.807) is 0 Å². The molecule has 0 spiro atoms. The zero-order valence-electron chi connectivity index (χ0n) is 12.5. The van der Waals surface area contributed by atoms with Gasteiger partial charge in [0.25, 0.3) is 0 Å². The molecule has 2 aliphatic rings. The first kappa shape index (κ1) is 13.9. The van der Waals surface area contributed by atoms with Crippen LogP contribution >= 0.6 is 0 Å². The summed E-state index contributed by atoms with van der Waals surface area (Å²) in [7, 11) is 2.27. The molecule has 0 amide bonds. The van der Waals surface area contributed by atoms with E-state index in [1.165, 1.54) is 31.2 Å². The Morgan fingerprint density at radius 1 is 1.20 bits per heavy atom. The van der Waals surface area contributed by atoms with Crippen molar-refractivity contribution < 1.29 is 4.74 Å². The fraction of sp³-hybridized carbons (Fsp3) is 0.647. The van der Waals surface area contributed by atoms with Crippen molar-refractivity contribution in [3.63, 3.8) is 0 Å². The first-order valence-corrected chi connectivity index (χ1v) is 8.00. The van der Waals surface area contributed by atoms with Gasteiger partial charge in [0.15, 0.2) is 0 Å². The Morgan fingerprint density at radius 2 is 2.00 bits per heavy atom. The van der Waals surface area contributed by atoms with Gasteiger partial charge in [0.05, 0.1) is 6.61 Å². The molecule has 0 radical (unpaired) electrons. The van der Waals surface area contributed by atoms with E-state index in [-0.39, 0.29) is 0 Å². The molecule has 1 N–H and O–H groups in total. The molecule has 3 rings (SSSR count). The van der Waals surface area contributed by atoms with Gasteiger partial charge in [-0.2, -0.15) is 0 Å². The minimum Gasteiger partial charge on any atom is -0.493 e. The second-order valence-electron chi connectivity index (χ2n) is 6.10. The number of hydrogen-bond acceptors (Lipinski definition) is 3. The van der Waals surface area contributed by atoms with Gasteiger partial charge in [-0.1, -0.05) is 31.0 Å². The van der Waals surface area contributed by atoms with Gasteiger partial charge in [0, 0.05) is 37.2 Å². The van der Waals surface area contributed by atoms with E-state index in [9.17, 15) is 0 Å². The van der Waals surface area contributed by atoms with Crippen LogP contribution in [0.2, 0.25) is 0 Å². The third-order valence-corrected chi connectivity index (χ3v) is 4.76. The normalized spacial score (nSPS) is 22.8. The molecule has 1 aliphatic carbocycles. The van der Waals surface area contributed by atoms with Crippen LogP contribution in [-0.4, -0.2) is 37.7 Å². The zero-order valence-corrected chi connectivity index (χ0v) is 12.5. The minimum absolute atomic E-state index is 0.455. The zero-order chi connectivity index (χ0) is 13.8. The Bertz CT molecular complexity index is 429. The van der Waals surface area contributed by atoms with Gasteiger partial charge >= 0.3 is 0 Å². The van der Waals surface area contributed by atoms with E-state index in [0.29, 0.717) is 6.04 Å². The highest BCUT2D eigenvalue weighted by Crippen LogP contribution is 2.31. The number of hydrogen-bond donors (Lipinski definition) is 1. The maximum absolute atomic E-state index is 5.71. The number of benzene rings is 1. The topological polar surface area (TPSA) is 24.5 Å². The number of para-hydroxylation sites is 1. The lowest BCUT2D eigenvalue weighted by Crippen LogP contribution is -2.37. The molecule has 1 unspecified atom stereocenters. The Kier molecular flexibility index (Phi) is 4.58. The van der Waals surface area contributed by atoms with Crippen molar-refractivity contribution in [1.29, 1.82) is 0 Å². The monoisotopic (exact) mass is 274 g/mol. The molecule has 1 aliphatic heterocycles. The van der Waals surface area contributed by atoms with E-state index in [4.69, 9.17) is 4.74 Å². The fourth-order valence-electron chi connectivity index (χ4n) is 3.50. The number of nitrogens with one attached hydrogen (secondary N) is 1. The van der Waals surface area contributed by atoms with Crippen LogP contribution in [0, 0.1) is 0 Å². The summed E-state index contributed by atoms with van der Waals surface area (Å²) in [5, 5.41) is 3.71. The lowest BCUT2D eigenvalue weighted by molar-refractivity contribution is 0.225. The molecule has 1 atom stereocenters. The SMILES string of the molecule is CN(CCNC1CCOc2ccccc21)C1CCCC1. The lowest BCUT2D eigenvalue weighted by Gasteiger charge is -2.29. The second-order valence-corrected chi connectivity index (χ2v) is 6.10. The van der Waals surface area contributed by atoms with Crippen molar-refractivity contribution in [1.82, 2.24) is 10.2 Å². The van der Waals surface area contributed by atoms with Crippen molar-refractivity contribution in [2.45, 2.75) is 44.2 Å². The summed E-state index contributed by atoms with van der Waals surface area (Å²) in [5.41, 5.74) is 1.32. The molecule has 0 saturated heterocycles. The van der Waals surface area contributed by atoms with Gasteiger partial charge in [0.1, 0.15) is 5.75 Å². The molecule has 1 aromatic carbocycles. The van der Waals surface area contributed by atoms with Crippen LogP contribution in [-0.2, 0) is 0 Å². The van der Waals surface area contributed by atoms with Crippen LogP contribution in [0.4, 0.5) is 0 Å². The van der Waals surface area contributed by atoms with Crippen LogP contribution < -0.4 is 10.1 Å². The van der Waals surface area contributed by atoms with Gasteiger partial charge < -0.3 is 15.0 Å². The minimum atomic E-state index is 0.455. The largest absolute Gasteiger partial charge is 0.493 e. The van der Waals surface area contributed by atoms with Crippen molar-refractivity contribution in [2.24, 2.45) is 0 Å². The average molecular weight is 274 g/mol. The standard InChI is InChI=1S/C17H26N2O/c1-19(14-6-2-3-7-14)12-11-18-16-10-13-20-17-9-5-4-8-15(16)17/h4-5,8-9,14,16,18H,2-3,6-7,10-13H2,1H3. The maximum Gasteiger partial charge on any atom is 0.124 e. The van der Waals surface area contributed by atoms with E-state index in [2.05, 4.69) is 41.5 Å². The summed E-state index contributed by atoms with van der Waals surface area (Å²) in [6, 6.07) is 9.69. The third-order valence-electron chi connectivity index (χ3n) is 4.76. The summed E-state index contributed by atoms with van der Waals surface area (Å²) in [6.45, 7) is 3.03. The maximum atomic E-state index is 5.71. The number of nitrogens with zero attached hydrogens (tertiary/aromatic N) is 1. The molecule has 3 heteroatoms. The van der Waals surface area contributed by atoms with Crippen LogP contribution in [0.1, 0.15) is 43.7 Å². The molecule has 1 fully saturated rings. The number of fused-ring (bicyclic) bond motifs is 1. The van der Waals surface area contributed by atoms with Gasteiger partial charge in [-0.15, -0.1) is 0 Å². The van der Waals surface area contributed by atoms with Crippen LogP contribution in [0.5, 0.6) is 5.75 Å². The summed E-state index contributed by atoms with van der Waals surface area (Å²) in [5.74, 6) is 1.06. The number of ether oxygens (including phenoxy) is 1. The van der Waals surface area contributed by atoms with Crippen LogP contribution in [0.25, 0.3) is 0 Å². The van der Waals surface area contributed by atoms with Gasteiger partial charge in [-0.05, 0) is 26.0 Å². The summed E-state index contributed by atoms with van der Waals surface area (Å²) >= 11 is 0. The predicted octanol–water partition coefficient (Wildman–Crippen LogP) is 2.97. The van der Waals surface area contributed by atoms with Gasteiger partial charge in [0.2, 0.25) is 0 Å². The van der Waals surface area contributed by atoms with Crippen LogP contribution in [0.15, 0.2) is 24.3 Å².